The van der Waals surface area contributed by atoms with Crippen molar-refractivity contribution in [3.63, 3.8) is 0 Å². The lowest BCUT2D eigenvalue weighted by Crippen LogP contribution is -2.31. The number of carbonyl (C=O) groups is 2. The molecule has 3 rings (SSSR count). The Morgan fingerprint density at radius 2 is 1.62 bits per heavy atom. The van der Waals surface area contributed by atoms with E-state index < -0.39 is 0 Å². The van der Waals surface area contributed by atoms with Crippen LogP contribution in [-0.4, -0.2) is 31.8 Å². The first-order chi connectivity index (χ1) is 12.6. The number of hydrogen-bond acceptors (Lipinski definition) is 5. The number of amides is 2. The molecule has 2 aromatic rings. The van der Waals surface area contributed by atoms with Crippen molar-refractivity contribution in [2.45, 2.75) is 6.92 Å². The predicted octanol–water partition coefficient (Wildman–Crippen LogP) is 3.74. The lowest BCUT2D eigenvalue weighted by Gasteiger charge is -2.15. The first-order valence-corrected chi connectivity index (χ1v) is 9.14. The molecule has 0 saturated heterocycles. The number of ether oxygens (including phenoxy) is 2. The van der Waals surface area contributed by atoms with Crippen LogP contribution in [0.1, 0.15) is 12.5 Å². The number of imide groups is 1. The highest BCUT2D eigenvalue weighted by Gasteiger charge is 2.40. The fourth-order valence-electron chi connectivity index (χ4n) is 2.85. The molecule has 0 bridgehead atoms. The quantitative estimate of drug-likeness (QED) is 0.726. The van der Waals surface area contributed by atoms with Crippen LogP contribution in [0.2, 0.25) is 0 Å². The number of benzene rings is 2. The molecular weight excluding hydrogens is 350 g/mol. The van der Waals surface area contributed by atoms with Crippen molar-refractivity contribution in [2.24, 2.45) is 0 Å². The molecule has 134 valence electrons. The van der Waals surface area contributed by atoms with E-state index in [9.17, 15) is 9.59 Å². The molecule has 0 saturated carbocycles. The van der Waals surface area contributed by atoms with Crippen molar-refractivity contribution in [1.29, 1.82) is 0 Å². The van der Waals surface area contributed by atoms with Crippen molar-refractivity contribution < 1.29 is 19.1 Å². The Morgan fingerprint density at radius 1 is 0.923 bits per heavy atom. The van der Waals surface area contributed by atoms with Crippen molar-refractivity contribution in [3.8, 4) is 11.5 Å². The van der Waals surface area contributed by atoms with Crippen molar-refractivity contribution in [2.75, 3.05) is 24.9 Å². The van der Waals surface area contributed by atoms with Crippen LogP contribution < -0.4 is 14.4 Å². The summed E-state index contributed by atoms with van der Waals surface area (Å²) < 4.78 is 10.6. The topological polar surface area (TPSA) is 55.8 Å². The average Bonchev–Trinajstić information content (AvgIpc) is 2.92. The maximum absolute atomic E-state index is 13.1. The number of carbonyl (C=O) groups excluding carboxylic acids is 2. The number of thioether (sulfide) groups is 1. The summed E-state index contributed by atoms with van der Waals surface area (Å²) in [5, 5.41) is 0. The van der Waals surface area contributed by atoms with Crippen LogP contribution in [0.4, 0.5) is 5.69 Å². The van der Waals surface area contributed by atoms with Gasteiger partial charge in [0.25, 0.3) is 11.8 Å². The second kappa shape index (κ2) is 7.66. The van der Waals surface area contributed by atoms with Gasteiger partial charge in [-0.15, -0.1) is 11.8 Å². The lowest BCUT2D eigenvalue weighted by molar-refractivity contribution is -0.119. The predicted molar refractivity (Wildman–Crippen MR) is 104 cm³/mol. The highest BCUT2D eigenvalue weighted by Crippen LogP contribution is 2.40. The third-order valence-corrected chi connectivity index (χ3v) is 4.97. The van der Waals surface area contributed by atoms with Gasteiger partial charge in [0.1, 0.15) is 0 Å². The third kappa shape index (κ3) is 3.08. The van der Waals surface area contributed by atoms with Gasteiger partial charge in [-0.05, 0) is 35.6 Å². The Morgan fingerprint density at radius 3 is 2.23 bits per heavy atom. The number of anilines is 1. The van der Waals surface area contributed by atoms with Crippen LogP contribution in [0.3, 0.4) is 0 Å². The van der Waals surface area contributed by atoms with E-state index in [1.165, 1.54) is 23.8 Å². The maximum atomic E-state index is 13.1. The van der Waals surface area contributed by atoms with Crippen LogP contribution in [0.25, 0.3) is 5.57 Å². The minimum absolute atomic E-state index is 0.294. The largest absolute Gasteiger partial charge is 0.493 e. The van der Waals surface area contributed by atoms with Gasteiger partial charge in [0.15, 0.2) is 11.5 Å². The fraction of sp³-hybridized carbons (Fsp3) is 0.200. The van der Waals surface area contributed by atoms with Gasteiger partial charge in [0.05, 0.1) is 30.4 Å². The van der Waals surface area contributed by atoms with Crippen LogP contribution in [0.5, 0.6) is 11.5 Å². The third-order valence-electron chi connectivity index (χ3n) is 4.02. The summed E-state index contributed by atoms with van der Waals surface area (Å²) in [4.78, 5) is 27.7. The summed E-state index contributed by atoms with van der Waals surface area (Å²) in [5.41, 5.74) is 1.59. The monoisotopic (exact) mass is 369 g/mol. The summed E-state index contributed by atoms with van der Waals surface area (Å²) in [6.07, 6.45) is 0. The van der Waals surface area contributed by atoms with Crippen LogP contribution in [-0.2, 0) is 9.59 Å². The van der Waals surface area contributed by atoms with Crippen LogP contribution >= 0.6 is 11.8 Å². The molecule has 1 aliphatic heterocycles. The van der Waals surface area contributed by atoms with Crippen molar-refractivity contribution >= 4 is 34.8 Å². The molecule has 0 spiro atoms. The van der Waals surface area contributed by atoms with E-state index in [2.05, 4.69) is 0 Å². The minimum Gasteiger partial charge on any atom is -0.493 e. The number of nitrogens with zero attached hydrogens (tertiary/aromatic N) is 1. The Kier molecular flexibility index (Phi) is 5.32. The highest BCUT2D eigenvalue weighted by atomic mass is 32.2. The Bertz CT molecular complexity index is 877. The Labute approximate surface area is 156 Å². The highest BCUT2D eigenvalue weighted by molar-refractivity contribution is 8.04. The van der Waals surface area contributed by atoms with E-state index >= 15 is 0 Å². The Hall–Kier alpha value is -2.73. The number of rotatable bonds is 6. The second-order valence-electron chi connectivity index (χ2n) is 5.49. The van der Waals surface area contributed by atoms with E-state index in [0.29, 0.717) is 39.0 Å². The molecule has 0 aromatic heterocycles. The van der Waals surface area contributed by atoms with Gasteiger partial charge < -0.3 is 9.47 Å². The molecule has 1 aliphatic rings. The standard InChI is InChI=1S/C20H19NO4S/c1-4-26-18-17(13-10-11-15(24-2)16(12-13)25-3)19(22)21(20(18)23)14-8-6-5-7-9-14/h5-12H,4H2,1-3H3. The number of para-hydroxylation sites is 1. The maximum Gasteiger partial charge on any atom is 0.272 e. The zero-order chi connectivity index (χ0) is 18.7. The first-order valence-electron chi connectivity index (χ1n) is 8.15. The summed E-state index contributed by atoms with van der Waals surface area (Å²) in [6.45, 7) is 1.95. The van der Waals surface area contributed by atoms with Crippen molar-refractivity contribution in [1.82, 2.24) is 0 Å². The molecule has 2 aromatic carbocycles. The van der Waals surface area contributed by atoms with Gasteiger partial charge in [-0.1, -0.05) is 31.2 Å². The lowest BCUT2D eigenvalue weighted by atomic mass is 10.1. The zero-order valence-electron chi connectivity index (χ0n) is 14.8. The summed E-state index contributed by atoms with van der Waals surface area (Å²) in [7, 11) is 3.09. The van der Waals surface area contributed by atoms with E-state index in [1.807, 2.05) is 13.0 Å². The second-order valence-corrected chi connectivity index (χ2v) is 6.76. The van der Waals surface area contributed by atoms with Crippen LogP contribution in [0.15, 0.2) is 53.4 Å². The fourth-order valence-corrected chi connectivity index (χ4v) is 3.70. The molecule has 5 nitrogen and oxygen atoms in total. The van der Waals surface area contributed by atoms with Gasteiger partial charge in [-0.25, -0.2) is 4.90 Å². The summed E-state index contributed by atoms with van der Waals surface area (Å²) >= 11 is 1.37. The zero-order valence-corrected chi connectivity index (χ0v) is 15.6. The Balaban J connectivity index is 2.11. The van der Waals surface area contributed by atoms with E-state index in [4.69, 9.17) is 9.47 Å². The molecule has 6 heteroatoms. The van der Waals surface area contributed by atoms with Gasteiger partial charge >= 0.3 is 0 Å². The molecule has 0 fully saturated rings. The molecule has 0 N–H and O–H groups in total. The number of hydrogen-bond donors (Lipinski definition) is 0. The molecule has 0 unspecified atom stereocenters. The van der Waals surface area contributed by atoms with Gasteiger partial charge in [-0.3, -0.25) is 9.59 Å². The molecule has 0 atom stereocenters. The molecule has 26 heavy (non-hydrogen) atoms. The summed E-state index contributed by atoms with van der Waals surface area (Å²) in [5.74, 6) is 1.14. The van der Waals surface area contributed by atoms with Gasteiger partial charge in [0.2, 0.25) is 0 Å². The first kappa shape index (κ1) is 18.1. The smallest absolute Gasteiger partial charge is 0.272 e. The average molecular weight is 369 g/mol. The molecule has 0 aliphatic carbocycles. The normalized spacial score (nSPS) is 14.2. The van der Waals surface area contributed by atoms with Crippen molar-refractivity contribution in [3.05, 3.63) is 59.0 Å². The number of methoxy groups -OCH3 is 2. The van der Waals surface area contributed by atoms with Crippen LogP contribution in [0, 0.1) is 0 Å². The molecule has 2 amide bonds. The minimum atomic E-state index is -0.329. The molecule has 1 heterocycles. The SMILES string of the molecule is CCSC1=C(c2ccc(OC)c(OC)c2)C(=O)N(c2ccccc2)C1=O. The summed E-state index contributed by atoms with van der Waals surface area (Å²) in [6, 6.07) is 14.2. The van der Waals surface area contributed by atoms with E-state index in [1.54, 1.807) is 49.6 Å². The van der Waals surface area contributed by atoms with Gasteiger partial charge in [-0.2, -0.15) is 0 Å². The molecular formula is C20H19NO4S. The van der Waals surface area contributed by atoms with E-state index in [0.717, 1.165) is 0 Å². The molecule has 0 radical (unpaired) electrons. The van der Waals surface area contributed by atoms with E-state index in [-0.39, 0.29) is 11.8 Å². The van der Waals surface area contributed by atoms with Gasteiger partial charge in [0, 0.05) is 0 Å².